The highest BCUT2D eigenvalue weighted by Crippen LogP contribution is 2.18. The molecule has 0 spiro atoms. The topological polar surface area (TPSA) is 100 Å². The fraction of sp³-hybridized carbons (Fsp3) is 0.211. The summed E-state index contributed by atoms with van der Waals surface area (Å²) in [5, 5.41) is 14.3. The van der Waals surface area contributed by atoms with Crippen LogP contribution in [-0.2, 0) is 4.74 Å². The van der Waals surface area contributed by atoms with E-state index in [1.165, 1.54) is 6.07 Å². The first-order valence-electron chi connectivity index (χ1n) is 7.98. The van der Waals surface area contributed by atoms with Crippen LogP contribution in [0.4, 0.5) is 15.3 Å². The highest BCUT2D eigenvalue weighted by molar-refractivity contribution is 5.85. The summed E-state index contributed by atoms with van der Waals surface area (Å²) < 4.78 is 10.2. The number of benzene rings is 2. The Morgan fingerprint density at radius 2 is 1.77 bits per heavy atom. The molecule has 1 atom stereocenters. The summed E-state index contributed by atoms with van der Waals surface area (Å²) in [5.74, 6) is 0.217. The van der Waals surface area contributed by atoms with Crippen LogP contribution in [0.15, 0.2) is 54.6 Å². The van der Waals surface area contributed by atoms with E-state index >= 15 is 0 Å². The summed E-state index contributed by atoms with van der Waals surface area (Å²) in [6, 6.07) is 16.3. The zero-order valence-corrected chi connectivity index (χ0v) is 14.4. The second kappa shape index (κ2) is 9.08. The average Bonchev–Trinajstić information content (AvgIpc) is 2.60. The summed E-state index contributed by atoms with van der Waals surface area (Å²) >= 11 is 0. The van der Waals surface area contributed by atoms with E-state index in [9.17, 15) is 14.9 Å². The van der Waals surface area contributed by atoms with Gasteiger partial charge >= 0.3 is 12.2 Å². The first-order chi connectivity index (χ1) is 12.5. The van der Waals surface area contributed by atoms with Crippen molar-refractivity contribution >= 4 is 17.9 Å². The number of hydrogen-bond donors (Lipinski definition) is 2. The standard InChI is InChI=1S/C19H19N3O4/c1-13(2)25-18(23)21-15-9-6-10-16(11-15)26-19(24)22-17(12-20)14-7-4-3-5-8-14/h3-11,13,17H,1-2H3,(H,21,23)(H,22,24). The molecule has 0 aromatic heterocycles. The second-order valence-corrected chi connectivity index (χ2v) is 5.61. The number of ether oxygens (including phenoxy) is 2. The van der Waals surface area contributed by atoms with Crippen molar-refractivity contribution in [1.82, 2.24) is 5.32 Å². The Bertz CT molecular complexity index is 800. The highest BCUT2D eigenvalue weighted by atomic mass is 16.6. The number of amides is 2. The van der Waals surface area contributed by atoms with Gasteiger partial charge in [-0.25, -0.2) is 9.59 Å². The van der Waals surface area contributed by atoms with Gasteiger partial charge in [0, 0.05) is 11.8 Å². The minimum absolute atomic E-state index is 0.217. The number of hydrogen-bond acceptors (Lipinski definition) is 5. The number of carbonyl (C=O) groups is 2. The van der Waals surface area contributed by atoms with Crippen LogP contribution in [0.25, 0.3) is 0 Å². The van der Waals surface area contributed by atoms with Crippen molar-refractivity contribution in [3.05, 3.63) is 60.2 Å². The summed E-state index contributed by atoms with van der Waals surface area (Å²) in [4.78, 5) is 23.6. The Kier molecular flexibility index (Phi) is 6.57. The molecule has 0 saturated carbocycles. The van der Waals surface area contributed by atoms with Crippen molar-refractivity contribution in [3.63, 3.8) is 0 Å². The molecule has 26 heavy (non-hydrogen) atoms. The average molecular weight is 353 g/mol. The van der Waals surface area contributed by atoms with Gasteiger partial charge in [0.05, 0.1) is 12.2 Å². The van der Waals surface area contributed by atoms with Gasteiger partial charge in [0.2, 0.25) is 0 Å². The Morgan fingerprint density at radius 1 is 1.04 bits per heavy atom. The van der Waals surface area contributed by atoms with Crippen LogP contribution in [0, 0.1) is 11.3 Å². The van der Waals surface area contributed by atoms with E-state index in [0.717, 1.165) is 0 Å². The fourth-order valence-corrected chi connectivity index (χ4v) is 2.09. The number of carbonyl (C=O) groups excluding carboxylic acids is 2. The van der Waals surface area contributed by atoms with Crippen molar-refractivity contribution < 1.29 is 19.1 Å². The van der Waals surface area contributed by atoms with Crippen molar-refractivity contribution in [2.75, 3.05) is 5.32 Å². The summed E-state index contributed by atoms with van der Waals surface area (Å²) in [6.45, 7) is 3.48. The molecule has 0 radical (unpaired) electrons. The molecule has 0 heterocycles. The molecule has 0 saturated heterocycles. The fourth-order valence-electron chi connectivity index (χ4n) is 2.09. The lowest BCUT2D eigenvalue weighted by Crippen LogP contribution is -2.30. The van der Waals surface area contributed by atoms with E-state index in [2.05, 4.69) is 10.6 Å². The van der Waals surface area contributed by atoms with Gasteiger partial charge in [0.15, 0.2) is 0 Å². The van der Waals surface area contributed by atoms with Gasteiger partial charge in [0.1, 0.15) is 11.8 Å². The highest BCUT2D eigenvalue weighted by Gasteiger charge is 2.15. The first-order valence-corrected chi connectivity index (χ1v) is 7.98. The molecule has 0 fully saturated rings. The third-order valence-corrected chi connectivity index (χ3v) is 3.16. The van der Waals surface area contributed by atoms with Gasteiger partial charge in [-0.2, -0.15) is 5.26 Å². The van der Waals surface area contributed by atoms with Crippen LogP contribution in [0.5, 0.6) is 5.75 Å². The summed E-state index contributed by atoms with van der Waals surface area (Å²) in [6.07, 6.45) is -1.63. The van der Waals surface area contributed by atoms with Crippen molar-refractivity contribution in [1.29, 1.82) is 5.26 Å². The lowest BCUT2D eigenvalue weighted by molar-refractivity contribution is 0.130. The molecular formula is C19H19N3O4. The quantitative estimate of drug-likeness (QED) is 0.846. The second-order valence-electron chi connectivity index (χ2n) is 5.61. The van der Waals surface area contributed by atoms with E-state index < -0.39 is 18.2 Å². The monoisotopic (exact) mass is 353 g/mol. The number of nitriles is 1. The van der Waals surface area contributed by atoms with Crippen LogP contribution in [0.2, 0.25) is 0 Å². The zero-order chi connectivity index (χ0) is 18.9. The Hall–Kier alpha value is -3.53. The van der Waals surface area contributed by atoms with Gasteiger partial charge < -0.3 is 14.8 Å². The third-order valence-electron chi connectivity index (χ3n) is 3.16. The van der Waals surface area contributed by atoms with Crippen LogP contribution in [0.3, 0.4) is 0 Å². The molecule has 0 aliphatic rings. The Labute approximate surface area is 151 Å². The number of anilines is 1. The number of rotatable bonds is 5. The van der Waals surface area contributed by atoms with Crippen molar-refractivity contribution in [3.8, 4) is 11.8 Å². The van der Waals surface area contributed by atoms with Crippen LogP contribution >= 0.6 is 0 Å². The molecule has 0 aliphatic carbocycles. The molecule has 7 heteroatoms. The molecule has 0 bridgehead atoms. The van der Waals surface area contributed by atoms with Gasteiger partial charge in [-0.05, 0) is 31.5 Å². The molecule has 2 N–H and O–H groups in total. The van der Waals surface area contributed by atoms with Gasteiger partial charge in [-0.3, -0.25) is 5.32 Å². The molecule has 7 nitrogen and oxygen atoms in total. The third kappa shape index (κ3) is 5.83. The lowest BCUT2D eigenvalue weighted by atomic mass is 10.1. The molecule has 2 amide bonds. The Morgan fingerprint density at radius 3 is 2.42 bits per heavy atom. The molecule has 1 unspecified atom stereocenters. The smallest absolute Gasteiger partial charge is 0.413 e. The predicted molar refractivity (Wildman–Crippen MR) is 95.6 cm³/mol. The normalized spacial score (nSPS) is 11.2. The lowest BCUT2D eigenvalue weighted by Gasteiger charge is -2.13. The molecule has 2 aromatic carbocycles. The van der Waals surface area contributed by atoms with Gasteiger partial charge in [-0.15, -0.1) is 0 Å². The van der Waals surface area contributed by atoms with Gasteiger partial charge in [-0.1, -0.05) is 36.4 Å². The maximum atomic E-state index is 12.0. The number of nitrogens with one attached hydrogen (secondary N) is 2. The largest absolute Gasteiger partial charge is 0.447 e. The summed E-state index contributed by atoms with van der Waals surface area (Å²) in [7, 11) is 0. The van der Waals surface area contributed by atoms with E-state index in [-0.39, 0.29) is 11.9 Å². The molecule has 2 rings (SSSR count). The maximum absolute atomic E-state index is 12.0. The summed E-state index contributed by atoms with van der Waals surface area (Å²) in [5.41, 5.74) is 1.07. The van der Waals surface area contributed by atoms with E-state index in [4.69, 9.17) is 9.47 Å². The van der Waals surface area contributed by atoms with Crippen LogP contribution in [-0.4, -0.2) is 18.3 Å². The number of nitrogens with zero attached hydrogens (tertiary/aromatic N) is 1. The van der Waals surface area contributed by atoms with Crippen LogP contribution < -0.4 is 15.4 Å². The minimum atomic E-state index is -0.828. The first kappa shape index (κ1) is 18.8. The van der Waals surface area contributed by atoms with Crippen molar-refractivity contribution in [2.45, 2.75) is 26.0 Å². The molecular weight excluding hydrogens is 334 g/mol. The Balaban J connectivity index is 1.97. The van der Waals surface area contributed by atoms with Crippen molar-refractivity contribution in [2.24, 2.45) is 0 Å². The maximum Gasteiger partial charge on any atom is 0.413 e. The molecule has 134 valence electrons. The zero-order valence-electron chi connectivity index (χ0n) is 14.4. The van der Waals surface area contributed by atoms with E-state index in [1.807, 2.05) is 12.1 Å². The predicted octanol–water partition coefficient (Wildman–Crippen LogP) is 4.00. The SMILES string of the molecule is CC(C)OC(=O)Nc1cccc(OC(=O)NC(C#N)c2ccccc2)c1. The molecule has 0 aliphatic heterocycles. The molecule has 2 aromatic rings. The minimum Gasteiger partial charge on any atom is -0.447 e. The van der Waals surface area contributed by atoms with Crippen LogP contribution in [0.1, 0.15) is 25.5 Å². The van der Waals surface area contributed by atoms with E-state index in [0.29, 0.717) is 11.3 Å². The van der Waals surface area contributed by atoms with E-state index in [1.54, 1.807) is 56.3 Å². The van der Waals surface area contributed by atoms with Gasteiger partial charge in [0.25, 0.3) is 0 Å².